The minimum absolute atomic E-state index is 0.194. The van der Waals surface area contributed by atoms with Crippen molar-refractivity contribution < 1.29 is 9.53 Å². The normalized spacial score (nSPS) is 12.1. The molecule has 9 heteroatoms. The highest BCUT2D eigenvalue weighted by atomic mass is 35.5. The van der Waals surface area contributed by atoms with E-state index in [0.717, 1.165) is 11.3 Å². The van der Waals surface area contributed by atoms with Gasteiger partial charge in [0.05, 0.1) is 16.8 Å². The highest BCUT2D eigenvalue weighted by Crippen LogP contribution is 2.23. The van der Waals surface area contributed by atoms with Crippen molar-refractivity contribution in [1.82, 2.24) is 4.57 Å². The Kier molecular flexibility index (Phi) is 7.91. The van der Waals surface area contributed by atoms with Gasteiger partial charge in [-0.15, -0.1) is 11.3 Å². The van der Waals surface area contributed by atoms with E-state index in [9.17, 15) is 14.9 Å². The number of thiazole rings is 1. The van der Waals surface area contributed by atoms with Gasteiger partial charge in [-0.1, -0.05) is 59.6 Å². The molecule has 0 bridgehead atoms. The van der Waals surface area contributed by atoms with Crippen LogP contribution in [0.25, 0.3) is 17.3 Å². The molecule has 4 rings (SSSR count). The molecule has 4 aromatic rings. The number of carbonyl (C=O) groups excluding carboxylic acids is 1. The number of carbonyl (C=O) groups is 1. The number of nitrogens with one attached hydrogen (secondary N) is 1. The van der Waals surface area contributed by atoms with Crippen molar-refractivity contribution in [1.29, 1.82) is 5.26 Å². The Morgan fingerprint density at radius 1 is 1.08 bits per heavy atom. The highest BCUT2D eigenvalue weighted by Gasteiger charge is 2.18. The van der Waals surface area contributed by atoms with Gasteiger partial charge in [0.1, 0.15) is 16.5 Å². The van der Waals surface area contributed by atoms with Gasteiger partial charge in [0, 0.05) is 21.3 Å². The molecular weight excluding hydrogens is 517 g/mol. The van der Waals surface area contributed by atoms with E-state index in [1.807, 2.05) is 43.3 Å². The maximum absolute atomic E-state index is 13.6. The topological polar surface area (TPSA) is 84.1 Å². The molecule has 0 atom stereocenters. The molecule has 0 spiro atoms. The van der Waals surface area contributed by atoms with E-state index in [0.29, 0.717) is 43.9 Å². The van der Waals surface area contributed by atoms with E-state index >= 15 is 0 Å². The Morgan fingerprint density at radius 3 is 2.42 bits per heavy atom. The molecule has 0 saturated carbocycles. The number of ether oxygens (including phenoxy) is 1. The fraction of sp³-hybridized carbons (Fsp3) is 0.0741. The van der Waals surface area contributed by atoms with Gasteiger partial charge in [0.2, 0.25) is 0 Å². The second-order valence-electron chi connectivity index (χ2n) is 7.46. The number of hydrogen-bond acceptors (Lipinski definition) is 5. The number of para-hydroxylation sites is 2. The van der Waals surface area contributed by atoms with Gasteiger partial charge in [-0.25, -0.2) is 0 Å². The number of hydrogen-bond donors (Lipinski definition) is 1. The van der Waals surface area contributed by atoms with Crippen molar-refractivity contribution in [2.24, 2.45) is 0 Å². The van der Waals surface area contributed by atoms with Crippen LogP contribution in [0.4, 0.5) is 5.69 Å². The van der Waals surface area contributed by atoms with Crippen molar-refractivity contribution in [2.75, 3.05) is 11.9 Å². The lowest BCUT2D eigenvalue weighted by molar-refractivity contribution is -0.111. The van der Waals surface area contributed by atoms with Crippen LogP contribution in [-0.4, -0.2) is 17.1 Å². The third-order valence-electron chi connectivity index (χ3n) is 5.02. The van der Waals surface area contributed by atoms with Crippen LogP contribution in [0.15, 0.2) is 77.6 Å². The summed E-state index contributed by atoms with van der Waals surface area (Å²) < 4.78 is 7.58. The molecule has 1 heterocycles. The molecule has 180 valence electrons. The third kappa shape index (κ3) is 5.52. The molecule has 1 amide bonds. The molecular formula is C27H19Cl2N3O3S. The summed E-state index contributed by atoms with van der Waals surface area (Å²) >= 11 is 13.1. The van der Waals surface area contributed by atoms with Gasteiger partial charge in [0.25, 0.3) is 11.5 Å². The van der Waals surface area contributed by atoms with E-state index in [2.05, 4.69) is 5.32 Å². The fourth-order valence-electron chi connectivity index (χ4n) is 3.50. The van der Waals surface area contributed by atoms with Crippen molar-refractivity contribution in [3.05, 3.63) is 108 Å². The van der Waals surface area contributed by atoms with Crippen LogP contribution in [0.1, 0.15) is 12.5 Å². The number of amides is 1. The average molecular weight is 536 g/mol. The Balaban J connectivity index is 1.95. The lowest BCUT2D eigenvalue weighted by atomic mass is 10.2. The summed E-state index contributed by atoms with van der Waals surface area (Å²) in [6, 6.07) is 22.7. The van der Waals surface area contributed by atoms with E-state index < -0.39 is 5.91 Å². The molecule has 0 aliphatic rings. The van der Waals surface area contributed by atoms with Crippen LogP contribution >= 0.6 is 34.5 Å². The maximum atomic E-state index is 13.6. The molecule has 1 aromatic heterocycles. The molecule has 1 N–H and O–H groups in total. The first-order valence-corrected chi connectivity index (χ1v) is 12.4. The number of halogens is 2. The van der Waals surface area contributed by atoms with Crippen LogP contribution in [0.5, 0.6) is 5.75 Å². The summed E-state index contributed by atoms with van der Waals surface area (Å²) in [5, 5.41) is 13.3. The van der Waals surface area contributed by atoms with Crippen molar-refractivity contribution >= 4 is 57.8 Å². The second kappa shape index (κ2) is 11.3. The second-order valence-corrected chi connectivity index (χ2v) is 9.37. The van der Waals surface area contributed by atoms with Crippen LogP contribution < -0.4 is 24.8 Å². The summed E-state index contributed by atoms with van der Waals surface area (Å²) in [6.07, 6.45) is 1.70. The highest BCUT2D eigenvalue weighted by molar-refractivity contribution is 7.07. The lowest BCUT2D eigenvalue weighted by Gasteiger charge is -2.06. The smallest absolute Gasteiger partial charge is 0.273 e. The van der Waals surface area contributed by atoms with E-state index in [1.165, 1.54) is 22.8 Å². The zero-order chi connectivity index (χ0) is 25.7. The molecule has 0 fully saturated rings. The van der Waals surface area contributed by atoms with Crippen LogP contribution in [-0.2, 0) is 4.79 Å². The van der Waals surface area contributed by atoms with Crippen LogP contribution in [0.2, 0.25) is 10.0 Å². The molecule has 0 unspecified atom stereocenters. The Bertz CT molecular complexity index is 1630. The van der Waals surface area contributed by atoms with Gasteiger partial charge in [-0.05, 0) is 49.4 Å². The van der Waals surface area contributed by atoms with Gasteiger partial charge >= 0.3 is 0 Å². The summed E-state index contributed by atoms with van der Waals surface area (Å²) in [5.41, 5.74) is 0.973. The molecule has 0 aliphatic heterocycles. The van der Waals surface area contributed by atoms with E-state index in [4.69, 9.17) is 27.9 Å². The van der Waals surface area contributed by atoms with Crippen molar-refractivity contribution in [2.45, 2.75) is 6.92 Å². The quantitative estimate of drug-likeness (QED) is 0.386. The first kappa shape index (κ1) is 25.3. The summed E-state index contributed by atoms with van der Waals surface area (Å²) in [4.78, 5) is 26.7. The minimum atomic E-state index is -0.692. The SMILES string of the molecule is CCOc1ccccc1C=c1sc(=C(C#N)C(=O)Nc2cc(Cl)cc(Cl)c2)n(-c2ccccc2)c1=O. The number of rotatable bonds is 6. The van der Waals surface area contributed by atoms with Crippen LogP contribution in [0.3, 0.4) is 0 Å². The van der Waals surface area contributed by atoms with Gasteiger partial charge in [-0.2, -0.15) is 5.26 Å². The van der Waals surface area contributed by atoms with E-state index in [-0.39, 0.29) is 15.8 Å². The Labute approximate surface area is 220 Å². The Morgan fingerprint density at radius 2 is 1.75 bits per heavy atom. The average Bonchev–Trinajstić information content (AvgIpc) is 3.16. The number of nitriles is 1. The molecule has 0 aliphatic carbocycles. The van der Waals surface area contributed by atoms with Crippen LogP contribution in [0, 0.1) is 11.3 Å². The fourth-order valence-corrected chi connectivity index (χ4v) is 5.12. The minimum Gasteiger partial charge on any atom is -0.493 e. The summed E-state index contributed by atoms with van der Waals surface area (Å²) in [7, 11) is 0. The largest absolute Gasteiger partial charge is 0.493 e. The molecule has 36 heavy (non-hydrogen) atoms. The first-order chi connectivity index (χ1) is 17.4. The number of aromatic nitrogens is 1. The molecule has 0 saturated heterocycles. The van der Waals surface area contributed by atoms with Gasteiger partial charge in [-0.3, -0.25) is 14.2 Å². The van der Waals surface area contributed by atoms with Gasteiger partial charge in [0.15, 0.2) is 5.57 Å². The van der Waals surface area contributed by atoms with Gasteiger partial charge < -0.3 is 10.1 Å². The third-order valence-corrected chi connectivity index (χ3v) is 6.55. The molecule has 3 aromatic carbocycles. The van der Waals surface area contributed by atoms with Crippen molar-refractivity contribution in [3.8, 4) is 17.5 Å². The predicted molar refractivity (Wildman–Crippen MR) is 144 cm³/mol. The standard InChI is InChI=1S/C27H19Cl2N3O3S/c1-2-35-23-11-7-6-8-17(23)12-24-26(34)32(21-9-4-3-5-10-21)27(36-24)22(16-30)25(33)31-20-14-18(28)13-19(29)15-20/h3-15H,2H2,1H3,(H,31,33). The number of nitrogens with zero attached hydrogens (tertiary/aromatic N) is 2. The zero-order valence-corrected chi connectivity index (χ0v) is 21.3. The molecule has 6 nitrogen and oxygen atoms in total. The number of benzene rings is 3. The Hall–Kier alpha value is -3.83. The lowest BCUT2D eigenvalue weighted by Crippen LogP contribution is -2.32. The summed E-state index contributed by atoms with van der Waals surface area (Å²) in [5.74, 6) is -0.0660. The summed E-state index contributed by atoms with van der Waals surface area (Å²) in [6.45, 7) is 2.34. The van der Waals surface area contributed by atoms with Crippen molar-refractivity contribution in [3.63, 3.8) is 0 Å². The number of anilines is 1. The maximum Gasteiger partial charge on any atom is 0.273 e. The predicted octanol–water partition coefficient (Wildman–Crippen LogP) is 4.75. The zero-order valence-electron chi connectivity index (χ0n) is 19.0. The van der Waals surface area contributed by atoms with E-state index in [1.54, 1.807) is 30.3 Å². The molecule has 0 radical (unpaired) electrons. The first-order valence-electron chi connectivity index (χ1n) is 10.8. The monoisotopic (exact) mass is 535 g/mol.